The fraction of sp³-hybridized carbons (Fsp3) is 0.467. The Labute approximate surface area is 123 Å². The molecule has 0 bridgehead atoms. The fourth-order valence-corrected chi connectivity index (χ4v) is 1.46. The van der Waals surface area contributed by atoms with Gasteiger partial charge < -0.3 is 14.8 Å². The summed E-state index contributed by atoms with van der Waals surface area (Å²) < 4.78 is 23.3. The summed E-state index contributed by atoms with van der Waals surface area (Å²) in [4.78, 5) is 23.3. The zero-order valence-corrected chi connectivity index (χ0v) is 12.6. The normalized spacial score (nSPS) is 11.9. The molecule has 1 amide bonds. The molecule has 0 saturated carbocycles. The van der Waals surface area contributed by atoms with Crippen molar-refractivity contribution in [3.8, 4) is 5.75 Å². The topological polar surface area (TPSA) is 64.6 Å². The molecule has 0 aliphatic carbocycles. The van der Waals surface area contributed by atoms with Crippen LogP contribution in [0.5, 0.6) is 5.75 Å². The maximum atomic E-state index is 13.6. The second-order valence-electron chi connectivity index (χ2n) is 5.02. The molecule has 0 aromatic heterocycles. The second kappa shape index (κ2) is 7.61. The lowest BCUT2D eigenvalue weighted by Crippen LogP contribution is -2.38. The van der Waals surface area contributed by atoms with Crippen LogP contribution in [0.2, 0.25) is 0 Å². The van der Waals surface area contributed by atoms with Crippen molar-refractivity contribution in [3.63, 3.8) is 0 Å². The Bertz CT molecular complexity index is 516. The van der Waals surface area contributed by atoms with Gasteiger partial charge >= 0.3 is 5.97 Å². The summed E-state index contributed by atoms with van der Waals surface area (Å²) in [6.45, 7) is 5.34. The minimum absolute atomic E-state index is 0.0334. The number of esters is 1. The minimum Gasteiger partial charge on any atom is -0.497 e. The number of nitrogens with one attached hydrogen (secondary N) is 1. The van der Waals surface area contributed by atoms with Crippen LogP contribution in [0, 0.1) is 11.7 Å². The predicted octanol–water partition coefficient (Wildman–Crippen LogP) is 2.15. The molecular weight excluding hydrogens is 277 g/mol. The molecule has 1 N–H and O–H groups in total. The summed E-state index contributed by atoms with van der Waals surface area (Å²) in [6, 6.07) is 3.75. The molecule has 0 unspecified atom stereocenters. The molecule has 0 heterocycles. The maximum absolute atomic E-state index is 13.6. The summed E-state index contributed by atoms with van der Waals surface area (Å²) in [5.74, 6) is -1.49. The van der Waals surface area contributed by atoms with Crippen molar-refractivity contribution < 1.29 is 23.5 Å². The third-order valence-corrected chi connectivity index (χ3v) is 3.12. The van der Waals surface area contributed by atoms with Crippen LogP contribution >= 0.6 is 0 Å². The highest BCUT2D eigenvalue weighted by Gasteiger charge is 2.17. The Morgan fingerprint density at radius 2 is 1.95 bits per heavy atom. The molecule has 0 radical (unpaired) electrons. The number of methoxy groups -OCH3 is 1. The number of amides is 1. The lowest BCUT2D eigenvalue weighted by molar-refractivity contribution is -0.125. The Morgan fingerprint density at radius 1 is 1.29 bits per heavy atom. The van der Waals surface area contributed by atoms with E-state index in [0.29, 0.717) is 5.75 Å². The van der Waals surface area contributed by atoms with E-state index in [4.69, 9.17) is 9.47 Å². The standard InChI is InChI=1S/C15H20FNO4/c1-9(2)10(3)17-14(18)8-21-15(19)12-6-5-11(20-4)7-13(12)16/h5-7,9-10H,8H2,1-4H3,(H,17,18)/t10-/m0/s1. The number of hydrogen-bond acceptors (Lipinski definition) is 4. The monoisotopic (exact) mass is 297 g/mol. The van der Waals surface area contributed by atoms with Crippen molar-refractivity contribution in [1.82, 2.24) is 5.32 Å². The van der Waals surface area contributed by atoms with E-state index in [1.807, 2.05) is 20.8 Å². The lowest BCUT2D eigenvalue weighted by atomic mass is 10.1. The zero-order chi connectivity index (χ0) is 16.0. The number of hydrogen-bond donors (Lipinski definition) is 1. The Hall–Kier alpha value is -2.11. The second-order valence-corrected chi connectivity index (χ2v) is 5.02. The maximum Gasteiger partial charge on any atom is 0.341 e. The summed E-state index contributed by atoms with van der Waals surface area (Å²) in [7, 11) is 1.40. The fourth-order valence-electron chi connectivity index (χ4n) is 1.46. The zero-order valence-electron chi connectivity index (χ0n) is 12.6. The lowest BCUT2D eigenvalue weighted by Gasteiger charge is -2.17. The van der Waals surface area contributed by atoms with E-state index in [0.717, 1.165) is 6.07 Å². The van der Waals surface area contributed by atoms with E-state index in [-0.39, 0.29) is 17.5 Å². The van der Waals surface area contributed by atoms with Gasteiger partial charge in [0.25, 0.3) is 5.91 Å². The smallest absolute Gasteiger partial charge is 0.341 e. The molecular formula is C15H20FNO4. The third kappa shape index (κ3) is 5.06. The molecule has 5 nitrogen and oxygen atoms in total. The van der Waals surface area contributed by atoms with Gasteiger partial charge in [-0.2, -0.15) is 0 Å². The van der Waals surface area contributed by atoms with Crippen LogP contribution in [0.1, 0.15) is 31.1 Å². The van der Waals surface area contributed by atoms with E-state index < -0.39 is 24.3 Å². The molecule has 21 heavy (non-hydrogen) atoms. The van der Waals surface area contributed by atoms with E-state index >= 15 is 0 Å². The molecule has 1 rings (SSSR count). The van der Waals surface area contributed by atoms with Gasteiger partial charge in [-0.25, -0.2) is 9.18 Å². The summed E-state index contributed by atoms with van der Waals surface area (Å²) >= 11 is 0. The number of ether oxygens (including phenoxy) is 2. The molecule has 116 valence electrons. The van der Waals surface area contributed by atoms with E-state index in [1.165, 1.54) is 19.2 Å². The van der Waals surface area contributed by atoms with E-state index in [2.05, 4.69) is 5.32 Å². The van der Waals surface area contributed by atoms with Crippen molar-refractivity contribution in [3.05, 3.63) is 29.6 Å². The number of rotatable bonds is 6. The van der Waals surface area contributed by atoms with Gasteiger partial charge in [-0.05, 0) is 25.0 Å². The van der Waals surface area contributed by atoms with Gasteiger partial charge in [-0.3, -0.25) is 4.79 Å². The third-order valence-electron chi connectivity index (χ3n) is 3.12. The van der Waals surface area contributed by atoms with Crippen LogP contribution in [0.25, 0.3) is 0 Å². The molecule has 0 aliphatic rings. The minimum atomic E-state index is -0.887. The average Bonchev–Trinajstić information content (AvgIpc) is 2.44. The first kappa shape index (κ1) is 16.9. The van der Waals surface area contributed by atoms with Crippen molar-refractivity contribution in [2.45, 2.75) is 26.8 Å². The largest absolute Gasteiger partial charge is 0.497 e. The molecule has 1 atom stereocenters. The summed E-state index contributed by atoms with van der Waals surface area (Å²) in [6.07, 6.45) is 0. The van der Waals surface area contributed by atoms with Crippen molar-refractivity contribution in [2.24, 2.45) is 5.92 Å². The summed E-state index contributed by atoms with van der Waals surface area (Å²) in [5, 5.41) is 2.69. The number of carbonyl (C=O) groups excluding carboxylic acids is 2. The molecule has 1 aromatic rings. The first-order chi connectivity index (χ1) is 9.85. The highest BCUT2D eigenvalue weighted by Crippen LogP contribution is 2.16. The van der Waals surface area contributed by atoms with Crippen LogP contribution in [0.4, 0.5) is 4.39 Å². The van der Waals surface area contributed by atoms with E-state index in [1.54, 1.807) is 0 Å². The first-order valence-corrected chi connectivity index (χ1v) is 6.65. The van der Waals surface area contributed by atoms with Crippen LogP contribution in [0.3, 0.4) is 0 Å². The van der Waals surface area contributed by atoms with Gasteiger partial charge in [0.2, 0.25) is 0 Å². The van der Waals surface area contributed by atoms with Gasteiger partial charge in [0.05, 0.1) is 12.7 Å². The van der Waals surface area contributed by atoms with Gasteiger partial charge in [0.1, 0.15) is 11.6 Å². The highest BCUT2D eigenvalue weighted by atomic mass is 19.1. The van der Waals surface area contributed by atoms with Gasteiger partial charge in [-0.15, -0.1) is 0 Å². The Kier molecular flexibility index (Phi) is 6.14. The van der Waals surface area contributed by atoms with Gasteiger partial charge in [0.15, 0.2) is 6.61 Å². The molecule has 0 spiro atoms. The highest BCUT2D eigenvalue weighted by molar-refractivity contribution is 5.91. The van der Waals surface area contributed by atoms with Crippen molar-refractivity contribution >= 4 is 11.9 Å². The average molecular weight is 297 g/mol. The first-order valence-electron chi connectivity index (χ1n) is 6.65. The molecule has 0 fully saturated rings. The quantitative estimate of drug-likeness (QED) is 0.817. The Balaban J connectivity index is 2.56. The van der Waals surface area contributed by atoms with Crippen LogP contribution < -0.4 is 10.1 Å². The number of halogens is 1. The molecule has 1 aromatic carbocycles. The molecule has 0 saturated heterocycles. The van der Waals surface area contributed by atoms with E-state index in [9.17, 15) is 14.0 Å². The predicted molar refractivity (Wildman–Crippen MR) is 75.7 cm³/mol. The Morgan fingerprint density at radius 3 is 2.48 bits per heavy atom. The molecule has 6 heteroatoms. The number of carbonyl (C=O) groups is 2. The van der Waals surface area contributed by atoms with Crippen LogP contribution in [0.15, 0.2) is 18.2 Å². The van der Waals surface area contributed by atoms with Crippen molar-refractivity contribution in [2.75, 3.05) is 13.7 Å². The van der Waals surface area contributed by atoms with Gasteiger partial charge in [0, 0.05) is 12.1 Å². The van der Waals surface area contributed by atoms with Crippen LogP contribution in [-0.2, 0) is 9.53 Å². The summed E-state index contributed by atoms with van der Waals surface area (Å²) in [5.41, 5.74) is -0.236. The molecule has 0 aliphatic heterocycles. The SMILES string of the molecule is COc1ccc(C(=O)OCC(=O)N[C@@H](C)C(C)C)c(F)c1. The van der Waals surface area contributed by atoms with Crippen molar-refractivity contribution in [1.29, 1.82) is 0 Å². The number of benzene rings is 1. The van der Waals surface area contributed by atoms with Crippen LogP contribution in [-0.4, -0.2) is 31.6 Å². The van der Waals surface area contributed by atoms with Gasteiger partial charge in [-0.1, -0.05) is 13.8 Å².